The van der Waals surface area contributed by atoms with E-state index in [4.69, 9.17) is 5.41 Å². The topological polar surface area (TPSA) is 129 Å². The van der Waals surface area contributed by atoms with Crippen LogP contribution in [0.1, 0.15) is 19.8 Å². The lowest BCUT2D eigenvalue weighted by Crippen LogP contribution is -2.40. The van der Waals surface area contributed by atoms with Gasteiger partial charge in [0.15, 0.2) is 5.41 Å². The molecule has 0 spiro atoms. The van der Waals surface area contributed by atoms with Crippen LogP contribution in [0, 0.1) is 56.2 Å². The van der Waals surface area contributed by atoms with E-state index in [0.29, 0.717) is 6.29 Å². The molecule has 90 valence electrons. The summed E-state index contributed by atoms with van der Waals surface area (Å²) in [5.41, 5.74) is -3.93. The second-order valence-electron chi connectivity index (χ2n) is 4.39. The molecule has 1 aliphatic rings. The Bertz CT molecular complexity index is 532. The first-order chi connectivity index (χ1) is 8.42. The largest absolute Gasteiger partial charge is 0.307 e. The summed E-state index contributed by atoms with van der Waals surface area (Å²) in [5, 5.41) is 35.5. The van der Waals surface area contributed by atoms with Gasteiger partial charge in [0.05, 0.1) is 24.1 Å². The molecular weight excluding hydrogens is 232 g/mol. The molecule has 1 rings (SSSR count). The van der Waals surface area contributed by atoms with Gasteiger partial charge >= 0.3 is 0 Å². The Balaban J connectivity index is 3.53. The first kappa shape index (κ1) is 13.5. The van der Waals surface area contributed by atoms with Crippen molar-refractivity contribution in [2.24, 2.45) is 16.7 Å². The molecule has 2 atom stereocenters. The Morgan fingerprint density at radius 3 is 2.33 bits per heavy atom. The average Bonchev–Trinajstić information content (AvgIpc) is 2.60. The van der Waals surface area contributed by atoms with Crippen LogP contribution in [0.5, 0.6) is 0 Å². The van der Waals surface area contributed by atoms with Crippen LogP contribution in [0.2, 0.25) is 0 Å². The smallest absolute Gasteiger partial charge is 0.169 e. The maximum Gasteiger partial charge on any atom is 0.169 e. The molecule has 0 aromatic rings. The number of hydrogen-bond donors (Lipinski definition) is 1. The minimum Gasteiger partial charge on any atom is -0.307 e. The van der Waals surface area contributed by atoms with Gasteiger partial charge in [0.25, 0.3) is 0 Å². The number of Topliss-reactive ketones (excluding diaryl/α,β-unsaturated/α-hetero) is 1. The highest BCUT2D eigenvalue weighted by Crippen LogP contribution is 2.54. The van der Waals surface area contributed by atoms with Gasteiger partial charge < -0.3 is 10.2 Å². The molecule has 0 heterocycles. The summed E-state index contributed by atoms with van der Waals surface area (Å²) >= 11 is 0. The van der Waals surface area contributed by atoms with Crippen molar-refractivity contribution >= 4 is 17.8 Å². The van der Waals surface area contributed by atoms with Crippen molar-refractivity contribution in [2.45, 2.75) is 19.8 Å². The van der Waals surface area contributed by atoms with Crippen molar-refractivity contribution in [1.29, 1.82) is 21.2 Å². The van der Waals surface area contributed by atoms with E-state index in [1.807, 2.05) is 0 Å². The Morgan fingerprint density at radius 1 is 1.44 bits per heavy atom. The minimum absolute atomic E-state index is 0.205. The summed E-state index contributed by atoms with van der Waals surface area (Å²) in [6.45, 7) is 1.22. The zero-order valence-corrected chi connectivity index (χ0v) is 9.73. The third-order valence-corrected chi connectivity index (χ3v) is 3.34. The van der Waals surface area contributed by atoms with Gasteiger partial charge in [-0.2, -0.15) is 15.8 Å². The van der Waals surface area contributed by atoms with Gasteiger partial charge in [-0.25, -0.2) is 0 Å². The van der Waals surface area contributed by atoms with Gasteiger partial charge in [-0.15, -0.1) is 0 Å². The summed E-state index contributed by atoms with van der Waals surface area (Å²) in [7, 11) is 0. The number of nitrogens with zero attached hydrogens (tertiary/aromatic N) is 3. The highest BCUT2D eigenvalue weighted by Gasteiger charge is 2.64. The SMILES string of the molecule is CC(=O)C[C@@]1(C#N)C(=N)C(C=O)CC1(C#N)C#N. The van der Waals surface area contributed by atoms with E-state index in [1.54, 1.807) is 18.2 Å². The van der Waals surface area contributed by atoms with Crippen LogP contribution >= 0.6 is 0 Å². The van der Waals surface area contributed by atoms with Gasteiger partial charge in [-0.1, -0.05) is 0 Å². The maximum atomic E-state index is 11.3. The second-order valence-corrected chi connectivity index (χ2v) is 4.39. The lowest BCUT2D eigenvalue weighted by atomic mass is 9.65. The van der Waals surface area contributed by atoms with E-state index in [9.17, 15) is 25.4 Å². The fourth-order valence-corrected chi connectivity index (χ4v) is 2.39. The van der Waals surface area contributed by atoms with E-state index in [0.717, 1.165) is 0 Å². The predicted octanol–water partition coefficient (Wildman–Crippen LogP) is 0.748. The van der Waals surface area contributed by atoms with Crippen LogP contribution in [0.4, 0.5) is 0 Å². The quantitative estimate of drug-likeness (QED) is 0.729. The molecule has 1 fully saturated rings. The monoisotopic (exact) mass is 242 g/mol. The van der Waals surface area contributed by atoms with Crippen molar-refractivity contribution in [3.05, 3.63) is 0 Å². The number of rotatable bonds is 3. The summed E-state index contributed by atoms with van der Waals surface area (Å²) in [4.78, 5) is 22.1. The molecule has 0 amide bonds. The number of nitriles is 3. The number of carbonyl (C=O) groups excluding carboxylic acids is 2. The molecule has 0 bridgehead atoms. The second kappa shape index (κ2) is 4.39. The van der Waals surface area contributed by atoms with Crippen LogP contribution in [0.3, 0.4) is 0 Å². The third-order valence-electron chi connectivity index (χ3n) is 3.34. The van der Waals surface area contributed by atoms with Gasteiger partial charge in [0, 0.05) is 12.1 Å². The van der Waals surface area contributed by atoms with Crippen molar-refractivity contribution in [1.82, 2.24) is 0 Å². The van der Waals surface area contributed by atoms with Crippen molar-refractivity contribution in [3.8, 4) is 18.2 Å². The third kappa shape index (κ3) is 1.49. The highest BCUT2D eigenvalue weighted by atomic mass is 16.1. The van der Waals surface area contributed by atoms with E-state index >= 15 is 0 Å². The van der Waals surface area contributed by atoms with Gasteiger partial charge in [0.2, 0.25) is 0 Å². The molecule has 1 N–H and O–H groups in total. The molecule has 0 aromatic heterocycles. The van der Waals surface area contributed by atoms with E-state index in [1.165, 1.54) is 6.92 Å². The average molecular weight is 242 g/mol. The molecule has 6 heteroatoms. The molecule has 18 heavy (non-hydrogen) atoms. The fraction of sp³-hybridized carbons (Fsp3) is 0.500. The molecule has 0 radical (unpaired) electrons. The molecule has 6 nitrogen and oxygen atoms in total. The van der Waals surface area contributed by atoms with Crippen LogP contribution in [0.25, 0.3) is 0 Å². The Kier molecular flexibility index (Phi) is 3.30. The van der Waals surface area contributed by atoms with Crippen LogP contribution in [0.15, 0.2) is 0 Å². The maximum absolute atomic E-state index is 11.3. The van der Waals surface area contributed by atoms with E-state index in [2.05, 4.69) is 0 Å². The zero-order chi connectivity index (χ0) is 14.0. The Hall–Kier alpha value is -2.52. The standard InChI is InChI=1S/C12H10N4O2/c1-8(18)2-12(7-15)10(16)9(4-17)3-11(12,5-13)6-14/h4,9,16H,2-3H2,1H3/t9?,12-/m1/s1. The normalized spacial score (nSPS) is 28.8. The number of ketones is 1. The first-order valence-electron chi connectivity index (χ1n) is 5.20. The minimum atomic E-state index is -1.81. The molecule has 1 saturated carbocycles. The number of nitrogens with one attached hydrogen (secondary N) is 1. The van der Waals surface area contributed by atoms with Crippen molar-refractivity contribution in [3.63, 3.8) is 0 Å². The molecular formula is C12H10N4O2. The predicted molar refractivity (Wildman–Crippen MR) is 58.9 cm³/mol. The lowest BCUT2D eigenvalue weighted by molar-refractivity contribution is -0.118. The van der Waals surface area contributed by atoms with E-state index < -0.39 is 29.0 Å². The van der Waals surface area contributed by atoms with Gasteiger partial charge in [0.1, 0.15) is 17.5 Å². The number of hydrogen-bond acceptors (Lipinski definition) is 6. The molecule has 0 saturated heterocycles. The van der Waals surface area contributed by atoms with Crippen LogP contribution in [-0.2, 0) is 9.59 Å². The Morgan fingerprint density at radius 2 is 2.00 bits per heavy atom. The number of carbonyl (C=O) groups is 2. The van der Waals surface area contributed by atoms with Gasteiger partial charge in [-0.3, -0.25) is 4.79 Å². The summed E-state index contributed by atoms with van der Waals surface area (Å²) in [6, 6.07) is 5.23. The van der Waals surface area contributed by atoms with Crippen molar-refractivity contribution < 1.29 is 9.59 Å². The van der Waals surface area contributed by atoms with Crippen LogP contribution < -0.4 is 0 Å². The van der Waals surface area contributed by atoms with Crippen molar-refractivity contribution in [2.75, 3.05) is 0 Å². The molecule has 1 unspecified atom stereocenters. The zero-order valence-electron chi connectivity index (χ0n) is 9.73. The van der Waals surface area contributed by atoms with Gasteiger partial charge in [-0.05, 0) is 13.3 Å². The fourth-order valence-electron chi connectivity index (χ4n) is 2.39. The molecule has 1 aliphatic carbocycles. The summed E-state index contributed by atoms with van der Waals surface area (Å²) < 4.78 is 0. The lowest BCUT2D eigenvalue weighted by Gasteiger charge is -2.28. The highest BCUT2D eigenvalue weighted by molar-refractivity contribution is 6.06. The molecule has 0 aromatic carbocycles. The van der Waals surface area contributed by atoms with E-state index in [-0.39, 0.29) is 12.1 Å². The first-order valence-corrected chi connectivity index (χ1v) is 5.20. The Labute approximate surface area is 104 Å². The number of aldehydes is 1. The summed E-state index contributed by atoms with van der Waals surface area (Å²) in [5.74, 6) is -1.36. The summed E-state index contributed by atoms with van der Waals surface area (Å²) in [6.07, 6.45) is -0.151. The molecule has 0 aliphatic heterocycles. The van der Waals surface area contributed by atoms with Crippen LogP contribution in [-0.4, -0.2) is 17.8 Å².